The number of aryl methyl sites for hydroxylation is 1. The Bertz CT molecular complexity index is 483. The van der Waals surface area contributed by atoms with Gasteiger partial charge in [0, 0.05) is 36.7 Å². The molecule has 1 unspecified atom stereocenters. The molecule has 1 N–H and O–H groups in total. The van der Waals surface area contributed by atoms with Gasteiger partial charge in [0.05, 0.1) is 6.33 Å². The van der Waals surface area contributed by atoms with Crippen LogP contribution in [0.2, 0.25) is 5.28 Å². The van der Waals surface area contributed by atoms with Gasteiger partial charge >= 0.3 is 0 Å². The van der Waals surface area contributed by atoms with Gasteiger partial charge in [-0.1, -0.05) is 0 Å². The average molecular weight is 252 g/mol. The molecule has 0 spiro atoms. The van der Waals surface area contributed by atoms with Gasteiger partial charge in [0.2, 0.25) is 5.28 Å². The zero-order valence-corrected chi connectivity index (χ0v) is 10.5. The lowest BCUT2D eigenvalue weighted by atomic mass is 10.3. The van der Waals surface area contributed by atoms with Gasteiger partial charge in [0.1, 0.15) is 5.82 Å². The molecule has 0 aliphatic heterocycles. The Kier molecular flexibility index (Phi) is 3.58. The topological polar surface area (TPSA) is 55.6 Å². The first-order valence-corrected chi connectivity index (χ1v) is 5.74. The van der Waals surface area contributed by atoms with Crippen molar-refractivity contribution >= 4 is 17.4 Å². The minimum absolute atomic E-state index is 0.230. The maximum absolute atomic E-state index is 5.77. The van der Waals surface area contributed by atoms with E-state index in [1.54, 1.807) is 18.7 Å². The molecule has 0 bridgehead atoms. The second-order valence-electron chi connectivity index (χ2n) is 3.98. The van der Waals surface area contributed by atoms with Crippen molar-refractivity contribution in [2.24, 2.45) is 0 Å². The summed E-state index contributed by atoms with van der Waals surface area (Å²) in [6.45, 7) is 4.85. The van der Waals surface area contributed by atoms with Crippen molar-refractivity contribution in [3.05, 3.63) is 35.8 Å². The molecule has 5 nitrogen and oxygen atoms in total. The van der Waals surface area contributed by atoms with Crippen LogP contribution in [0.3, 0.4) is 0 Å². The van der Waals surface area contributed by atoms with Gasteiger partial charge in [0.15, 0.2) is 0 Å². The second-order valence-corrected chi connectivity index (χ2v) is 4.31. The van der Waals surface area contributed by atoms with Crippen molar-refractivity contribution < 1.29 is 0 Å². The fourth-order valence-corrected chi connectivity index (χ4v) is 1.69. The minimum Gasteiger partial charge on any atom is -0.365 e. The van der Waals surface area contributed by atoms with Gasteiger partial charge in [-0.2, -0.15) is 0 Å². The Labute approximate surface area is 105 Å². The smallest absolute Gasteiger partial charge is 0.224 e. The molecule has 2 aromatic rings. The van der Waals surface area contributed by atoms with Crippen LogP contribution in [0, 0.1) is 6.92 Å². The molecular weight excluding hydrogens is 238 g/mol. The van der Waals surface area contributed by atoms with Gasteiger partial charge in [-0.15, -0.1) is 0 Å². The lowest BCUT2D eigenvalue weighted by Gasteiger charge is -2.16. The van der Waals surface area contributed by atoms with Crippen LogP contribution in [-0.2, 0) is 6.54 Å². The van der Waals surface area contributed by atoms with Crippen LogP contribution in [0.15, 0.2) is 24.9 Å². The highest BCUT2D eigenvalue weighted by Crippen LogP contribution is 2.14. The van der Waals surface area contributed by atoms with Crippen LogP contribution in [0.25, 0.3) is 0 Å². The molecule has 0 fully saturated rings. The molecule has 0 radical (unpaired) electrons. The fourth-order valence-electron chi connectivity index (χ4n) is 1.56. The highest BCUT2D eigenvalue weighted by atomic mass is 35.5. The van der Waals surface area contributed by atoms with E-state index in [2.05, 4.69) is 27.2 Å². The molecule has 0 amide bonds. The molecule has 0 aliphatic carbocycles. The van der Waals surface area contributed by atoms with E-state index in [0.29, 0.717) is 0 Å². The van der Waals surface area contributed by atoms with Gasteiger partial charge in [0.25, 0.3) is 0 Å². The summed E-state index contributed by atoms with van der Waals surface area (Å²) < 4.78 is 2.01. The van der Waals surface area contributed by atoms with Crippen LogP contribution in [0.4, 0.5) is 5.82 Å². The van der Waals surface area contributed by atoms with E-state index in [9.17, 15) is 0 Å². The Morgan fingerprint density at radius 3 is 3.06 bits per heavy atom. The number of aromatic nitrogens is 4. The van der Waals surface area contributed by atoms with Crippen molar-refractivity contribution in [2.75, 3.05) is 5.32 Å². The average Bonchev–Trinajstić information content (AvgIpc) is 2.76. The Morgan fingerprint density at radius 1 is 1.53 bits per heavy atom. The van der Waals surface area contributed by atoms with E-state index < -0.39 is 0 Å². The zero-order chi connectivity index (χ0) is 12.3. The summed E-state index contributed by atoms with van der Waals surface area (Å²) in [5, 5.41) is 3.56. The number of hydrogen-bond acceptors (Lipinski definition) is 4. The van der Waals surface area contributed by atoms with Crippen LogP contribution >= 0.6 is 11.6 Å². The molecule has 1 atom stereocenters. The molecule has 6 heteroatoms. The van der Waals surface area contributed by atoms with Crippen LogP contribution < -0.4 is 5.32 Å². The van der Waals surface area contributed by atoms with Gasteiger partial charge < -0.3 is 9.88 Å². The van der Waals surface area contributed by atoms with Crippen LogP contribution in [-0.4, -0.2) is 25.6 Å². The SMILES string of the molecule is Cc1cnc(Cl)nc1NC(C)Cn1ccnc1. The van der Waals surface area contributed by atoms with Gasteiger partial charge in [-0.3, -0.25) is 0 Å². The molecular formula is C11H14ClN5. The van der Waals surface area contributed by atoms with Crippen molar-refractivity contribution in [3.63, 3.8) is 0 Å². The maximum atomic E-state index is 5.77. The zero-order valence-electron chi connectivity index (χ0n) is 9.76. The van der Waals surface area contributed by atoms with Crippen LogP contribution in [0.1, 0.15) is 12.5 Å². The molecule has 2 aromatic heterocycles. The van der Waals surface area contributed by atoms with Crippen LogP contribution in [0.5, 0.6) is 0 Å². The number of halogens is 1. The lowest BCUT2D eigenvalue weighted by molar-refractivity contribution is 0.616. The summed E-state index contributed by atoms with van der Waals surface area (Å²) in [6.07, 6.45) is 7.19. The Hall–Kier alpha value is -1.62. The van der Waals surface area contributed by atoms with E-state index in [4.69, 9.17) is 11.6 Å². The molecule has 0 saturated carbocycles. The third kappa shape index (κ3) is 3.17. The molecule has 2 rings (SSSR count). The molecule has 17 heavy (non-hydrogen) atoms. The summed E-state index contributed by atoms with van der Waals surface area (Å²) >= 11 is 5.77. The number of nitrogens with zero attached hydrogens (tertiary/aromatic N) is 4. The quantitative estimate of drug-likeness (QED) is 0.846. The standard InChI is InChI=1S/C11H14ClN5/c1-8-5-14-11(12)16-10(8)15-9(2)6-17-4-3-13-7-17/h3-5,7,9H,6H2,1-2H3,(H,14,15,16). The van der Waals surface area contributed by atoms with Gasteiger partial charge in [-0.25, -0.2) is 15.0 Å². The van der Waals surface area contributed by atoms with Crippen molar-refractivity contribution in [2.45, 2.75) is 26.4 Å². The van der Waals surface area contributed by atoms with Gasteiger partial charge in [-0.05, 0) is 25.4 Å². The number of rotatable bonds is 4. The normalized spacial score (nSPS) is 12.4. The predicted molar refractivity (Wildman–Crippen MR) is 67.1 cm³/mol. The highest BCUT2D eigenvalue weighted by molar-refractivity contribution is 6.28. The Balaban J connectivity index is 2.02. The molecule has 0 aromatic carbocycles. The molecule has 0 aliphatic rings. The summed E-state index contributed by atoms with van der Waals surface area (Å²) in [5.74, 6) is 0.776. The number of imidazole rings is 1. The maximum Gasteiger partial charge on any atom is 0.224 e. The predicted octanol–water partition coefficient (Wildman–Crippen LogP) is 2.14. The first-order chi connectivity index (χ1) is 8.15. The van der Waals surface area contributed by atoms with E-state index in [1.807, 2.05) is 17.7 Å². The summed E-state index contributed by atoms with van der Waals surface area (Å²) in [5.41, 5.74) is 0.979. The van der Waals surface area contributed by atoms with E-state index >= 15 is 0 Å². The van der Waals surface area contributed by atoms with E-state index in [0.717, 1.165) is 17.9 Å². The van der Waals surface area contributed by atoms with E-state index in [1.165, 1.54) is 0 Å². The van der Waals surface area contributed by atoms with E-state index in [-0.39, 0.29) is 11.3 Å². The lowest BCUT2D eigenvalue weighted by Crippen LogP contribution is -2.22. The minimum atomic E-state index is 0.230. The second kappa shape index (κ2) is 5.14. The molecule has 90 valence electrons. The fraction of sp³-hybridized carbons (Fsp3) is 0.364. The largest absolute Gasteiger partial charge is 0.365 e. The number of nitrogens with one attached hydrogen (secondary N) is 1. The first kappa shape index (κ1) is 11.9. The summed E-state index contributed by atoms with van der Waals surface area (Å²) in [4.78, 5) is 12.1. The number of hydrogen-bond donors (Lipinski definition) is 1. The first-order valence-electron chi connectivity index (χ1n) is 5.36. The van der Waals surface area contributed by atoms with Crippen molar-refractivity contribution in [1.82, 2.24) is 19.5 Å². The van der Waals surface area contributed by atoms with Crippen molar-refractivity contribution in [1.29, 1.82) is 0 Å². The third-order valence-corrected chi connectivity index (χ3v) is 2.55. The summed E-state index contributed by atoms with van der Waals surface area (Å²) in [6, 6.07) is 0.230. The number of anilines is 1. The molecule has 0 saturated heterocycles. The molecule has 2 heterocycles. The highest BCUT2D eigenvalue weighted by Gasteiger charge is 2.07. The Morgan fingerprint density at radius 2 is 2.35 bits per heavy atom. The third-order valence-electron chi connectivity index (χ3n) is 2.37. The summed E-state index contributed by atoms with van der Waals surface area (Å²) in [7, 11) is 0. The monoisotopic (exact) mass is 251 g/mol. The van der Waals surface area contributed by atoms with Crippen molar-refractivity contribution in [3.8, 4) is 0 Å².